The molecule has 0 N–H and O–H groups in total. The van der Waals surface area contributed by atoms with Crippen molar-refractivity contribution in [1.29, 1.82) is 5.26 Å². The van der Waals surface area contributed by atoms with E-state index in [0.717, 1.165) is 31.7 Å². The Morgan fingerprint density at radius 2 is 1.74 bits per heavy atom. The lowest BCUT2D eigenvalue weighted by Gasteiger charge is -2.36. The van der Waals surface area contributed by atoms with Crippen LogP contribution in [0.3, 0.4) is 0 Å². The predicted molar refractivity (Wildman–Crippen MR) is 100 cm³/mol. The standard InChI is InChI=1S/C20H19N5O2/c21-13-15-5-4-8-18(22-15)23-11-9-16(10-12-23)24-14-19(26)25(20(24)27)17-6-2-1-3-7-17/h1-8,16H,9-12,14H2. The zero-order valence-electron chi connectivity index (χ0n) is 14.8. The van der Waals surface area contributed by atoms with Crippen molar-refractivity contribution in [1.82, 2.24) is 9.88 Å². The molecular formula is C20H19N5O2. The van der Waals surface area contributed by atoms with Crippen LogP contribution in [0.25, 0.3) is 0 Å². The molecule has 2 aliphatic rings. The number of aromatic nitrogens is 1. The second-order valence-corrected chi connectivity index (χ2v) is 6.69. The first kappa shape index (κ1) is 17.0. The molecule has 0 saturated carbocycles. The van der Waals surface area contributed by atoms with Gasteiger partial charge in [-0.1, -0.05) is 24.3 Å². The van der Waals surface area contributed by atoms with E-state index in [9.17, 15) is 9.59 Å². The SMILES string of the molecule is N#Cc1cccc(N2CCC(N3CC(=O)N(c4ccccc4)C3=O)CC2)n1. The van der Waals surface area contributed by atoms with Crippen LogP contribution >= 0.6 is 0 Å². The highest BCUT2D eigenvalue weighted by molar-refractivity contribution is 6.19. The van der Waals surface area contributed by atoms with Gasteiger partial charge in [0.1, 0.15) is 24.1 Å². The molecule has 3 amide bonds. The van der Waals surface area contributed by atoms with Crippen LogP contribution in [-0.2, 0) is 4.79 Å². The van der Waals surface area contributed by atoms with Crippen LogP contribution in [0.4, 0.5) is 16.3 Å². The van der Waals surface area contributed by atoms with Crippen molar-refractivity contribution in [3.8, 4) is 6.07 Å². The van der Waals surface area contributed by atoms with Gasteiger partial charge in [-0.3, -0.25) is 4.79 Å². The average molecular weight is 361 g/mol. The number of nitriles is 1. The summed E-state index contributed by atoms with van der Waals surface area (Å²) in [5, 5.41) is 9.01. The smallest absolute Gasteiger partial charge is 0.332 e. The third kappa shape index (κ3) is 3.22. The van der Waals surface area contributed by atoms with Gasteiger partial charge >= 0.3 is 6.03 Å². The summed E-state index contributed by atoms with van der Waals surface area (Å²) >= 11 is 0. The Kier molecular flexibility index (Phi) is 4.47. The highest BCUT2D eigenvalue weighted by Gasteiger charge is 2.41. The molecule has 0 unspecified atom stereocenters. The molecule has 4 rings (SSSR count). The van der Waals surface area contributed by atoms with E-state index < -0.39 is 0 Å². The Balaban J connectivity index is 1.43. The maximum atomic E-state index is 12.8. The number of rotatable bonds is 3. The van der Waals surface area contributed by atoms with Crippen molar-refractivity contribution in [2.24, 2.45) is 0 Å². The van der Waals surface area contributed by atoms with E-state index in [1.54, 1.807) is 23.1 Å². The minimum Gasteiger partial charge on any atom is -0.356 e. The number of hydrogen-bond acceptors (Lipinski definition) is 5. The molecule has 7 heteroatoms. The first-order chi connectivity index (χ1) is 13.2. The average Bonchev–Trinajstić information content (AvgIpc) is 3.03. The number of anilines is 2. The minimum atomic E-state index is -0.241. The Morgan fingerprint density at radius 1 is 1.00 bits per heavy atom. The number of carbonyl (C=O) groups is 2. The van der Waals surface area contributed by atoms with Gasteiger partial charge in [-0.15, -0.1) is 0 Å². The van der Waals surface area contributed by atoms with Gasteiger partial charge in [0.2, 0.25) is 0 Å². The summed E-state index contributed by atoms with van der Waals surface area (Å²) in [7, 11) is 0. The second kappa shape index (κ2) is 7.08. The van der Waals surface area contributed by atoms with E-state index in [1.165, 1.54) is 4.90 Å². The lowest BCUT2D eigenvalue weighted by atomic mass is 10.0. The van der Waals surface area contributed by atoms with Gasteiger partial charge in [-0.05, 0) is 37.1 Å². The van der Waals surface area contributed by atoms with Gasteiger partial charge in [-0.25, -0.2) is 14.7 Å². The molecule has 2 saturated heterocycles. The van der Waals surface area contributed by atoms with Crippen molar-refractivity contribution in [3.05, 3.63) is 54.2 Å². The molecule has 2 aromatic rings. The van der Waals surface area contributed by atoms with Crippen LogP contribution in [-0.4, -0.2) is 47.5 Å². The van der Waals surface area contributed by atoms with Crippen LogP contribution in [0.5, 0.6) is 0 Å². The van der Waals surface area contributed by atoms with Gasteiger partial charge in [0, 0.05) is 19.1 Å². The fourth-order valence-corrected chi connectivity index (χ4v) is 3.70. The first-order valence-corrected chi connectivity index (χ1v) is 8.98. The number of imide groups is 1. The number of piperidine rings is 1. The minimum absolute atomic E-state index is 0.0329. The van der Waals surface area contributed by atoms with Crippen molar-refractivity contribution in [3.63, 3.8) is 0 Å². The third-order valence-corrected chi connectivity index (χ3v) is 5.08. The molecule has 3 heterocycles. The van der Waals surface area contributed by atoms with Gasteiger partial charge in [0.15, 0.2) is 0 Å². The predicted octanol–water partition coefficient (Wildman–Crippen LogP) is 2.39. The van der Waals surface area contributed by atoms with E-state index in [4.69, 9.17) is 5.26 Å². The molecule has 27 heavy (non-hydrogen) atoms. The topological polar surface area (TPSA) is 80.5 Å². The summed E-state index contributed by atoms with van der Waals surface area (Å²) in [6.45, 7) is 1.59. The van der Waals surface area contributed by atoms with E-state index in [1.807, 2.05) is 30.3 Å². The summed E-state index contributed by atoms with van der Waals surface area (Å²) in [6.07, 6.45) is 1.53. The number of hydrogen-bond donors (Lipinski definition) is 0. The van der Waals surface area contributed by atoms with Crippen LogP contribution in [0.1, 0.15) is 18.5 Å². The normalized spacial score (nSPS) is 18.1. The van der Waals surface area contributed by atoms with Crippen molar-refractivity contribution in [2.45, 2.75) is 18.9 Å². The number of carbonyl (C=O) groups excluding carboxylic acids is 2. The first-order valence-electron chi connectivity index (χ1n) is 8.98. The number of nitrogens with zero attached hydrogens (tertiary/aromatic N) is 5. The molecule has 2 fully saturated rings. The van der Waals surface area contributed by atoms with E-state index in [0.29, 0.717) is 11.4 Å². The van der Waals surface area contributed by atoms with Crippen molar-refractivity contribution in [2.75, 3.05) is 29.4 Å². The highest BCUT2D eigenvalue weighted by atomic mass is 16.2. The quantitative estimate of drug-likeness (QED) is 0.784. The Morgan fingerprint density at radius 3 is 2.44 bits per heavy atom. The molecule has 0 aliphatic carbocycles. The van der Waals surface area contributed by atoms with Crippen LogP contribution in [0.2, 0.25) is 0 Å². The Labute approximate surface area is 157 Å². The number of amides is 3. The molecule has 136 valence electrons. The molecule has 0 bridgehead atoms. The maximum Gasteiger partial charge on any atom is 0.332 e. The number of urea groups is 1. The van der Waals surface area contributed by atoms with Crippen LogP contribution in [0.15, 0.2) is 48.5 Å². The van der Waals surface area contributed by atoms with E-state index >= 15 is 0 Å². The van der Waals surface area contributed by atoms with Gasteiger partial charge in [-0.2, -0.15) is 5.26 Å². The van der Waals surface area contributed by atoms with Crippen LogP contribution in [0, 0.1) is 11.3 Å². The molecule has 2 aliphatic heterocycles. The summed E-state index contributed by atoms with van der Waals surface area (Å²) in [6, 6.07) is 16.3. The zero-order chi connectivity index (χ0) is 18.8. The highest BCUT2D eigenvalue weighted by Crippen LogP contribution is 2.27. The molecule has 0 spiro atoms. The van der Waals surface area contributed by atoms with Gasteiger partial charge in [0.25, 0.3) is 5.91 Å². The fourth-order valence-electron chi connectivity index (χ4n) is 3.70. The third-order valence-electron chi connectivity index (χ3n) is 5.08. The summed E-state index contributed by atoms with van der Waals surface area (Å²) in [4.78, 5) is 34.6. The molecule has 1 aromatic carbocycles. The van der Waals surface area contributed by atoms with E-state index in [2.05, 4.69) is 16.0 Å². The maximum absolute atomic E-state index is 12.8. The monoisotopic (exact) mass is 361 g/mol. The Bertz CT molecular complexity index is 900. The fraction of sp³-hybridized carbons (Fsp3) is 0.300. The lowest BCUT2D eigenvalue weighted by molar-refractivity contribution is -0.116. The lowest BCUT2D eigenvalue weighted by Crippen LogP contribution is -2.46. The van der Waals surface area contributed by atoms with Gasteiger partial charge < -0.3 is 9.80 Å². The second-order valence-electron chi connectivity index (χ2n) is 6.69. The molecule has 7 nitrogen and oxygen atoms in total. The number of para-hydroxylation sites is 1. The largest absolute Gasteiger partial charge is 0.356 e. The molecule has 0 atom stereocenters. The molecule has 1 aromatic heterocycles. The van der Waals surface area contributed by atoms with E-state index in [-0.39, 0.29) is 24.5 Å². The number of benzene rings is 1. The van der Waals surface area contributed by atoms with Gasteiger partial charge in [0.05, 0.1) is 5.69 Å². The van der Waals surface area contributed by atoms with Crippen molar-refractivity contribution < 1.29 is 9.59 Å². The summed E-state index contributed by atoms with van der Waals surface area (Å²) < 4.78 is 0. The Hall–Kier alpha value is -3.40. The summed E-state index contributed by atoms with van der Waals surface area (Å²) in [5.41, 5.74) is 1.01. The van der Waals surface area contributed by atoms with Crippen molar-refractivity contribution >= 4 is 23.4 Å². The molecule has 0 radical (unpaired) electrons. The molecular weight excluding hydrogens is 342 g/mol. The zero-order valence-corrected chi connectivity index (χ0v) is 14.8. The summed E-state index contributed by atoms with van der Waals surface area (Å²) in [5.74, 6) is 0.597. The number of pyridine rings is 1. The van der Waals surface area contributed by atoms with Crippen LogP contribution < -0.4 is 9.80 Å².